The van der Waals surface area contributed by atoms with Crippen molar-refractivity contribution in [2.75, 3.05) is 17.6 Å². The van der Waals surface area contributed by atoms with Gasteiger partial charge in [-0.1, -0.05) is 33.8 Å². The lowest BCUT2D eigenvalue weighted by Gasteiger charge is -2.30. The van der Waals surface area contributed by atoms with Crippen molar-refractivity contribution >= 4 is 11.4 Å². The number of rotatable bonds is 4. The molecule has 2 heteroatoms. The largest absolute Gasteiger partial charge is 0.399 e. The zero-order valence-electron chi connectivity index (χ0n) is 11.1. The Balaban J connectivity index is 2.71. The van der Waals surface area contributed by atoms with Crippen LogP contribution in [-0.2, 0) is 0 Å². The summed E-state index contributed by atoms with van der Waals surface area (Å²) < 4.78 is 0. The summed E-state index contributed by atoms with van der Waals surface area (Å²) in [5.41, 5.74) is 9.28. The van der Waals surface area contributed by atoms with E-state index in [4.69, 9.17) is 5.73 Å². The molecule has 2 nitrogen and oxygen atoms in total. The summed E-state index contributed by atoms with van der Waals surface area (Å²) in [4.78, 5) is 0. The minimum Gasteiger partial charge on any atom is -0.399 e. The van der Waals surface area contributed by atoms with Crippen LogP contribution in [-0.4, -0.2) is 6.54 Å². The molecule has 1 rings (SSSR count). The van der Waals surface area contributed by atoms with E-state index in [9.17, 15) is 0 Å². The monoisotopic (exact) mass is 220 g/mol. The average Bonchev–Trinajstić information content (AvgIpc) is 2.19. The molecular formula is C14H24N2. The third kappa shape index (κ3) is 3.16. The second-order valence-corrected chi connectivity index (χ2v) is 5.57. The van der Waals surface area contributed by atoms with Crippen LogP contribution in [0.5, 0.6) is 0 Å². The smallest absolute Gasteiger partial charge is 0.0390 e. The van der Waals surface area contributed by atoms with E-state index in [1.807, 2.05) is 12.1 Å². The third-order valence-corrected chi connectivity index (χ3v) is 3.56. The zero-order valence-corrected chi connectivity index (χ0v) is 11.1. The van der Waals surface area contributed by atoms with Crippen molar-refractivity contribution < 1.29 is 0 Å². The lowest BCUT2D eigenvalue weighted by atomic mass is 9.81. The number of hydrogen-bond acceptors (Lipinski definition) is 2. The second-order valence-electron chi connectivity index (χ2n) is 5.57. The van der Waals surface area contributed by atoms with Crippen LogP contribution < -0.4 is 11.1 Å². The predicted molar refractivity (Wildman–Crippen MR) is 72.7 cm³/mol. The van der Waals surface area contributed by atoms with Crippen molar-refractivity contribution in [3.05, 3.63) is 23.8 Å². The van der Waals surface area contributed by atoms with Crippen LogP contribution in [0.1, 0.15) is 33.3 Å². The summed E-state index contributed by atoms with van der Waals surface area (Å²) >= 11 is 0. The molecule has 1 aromatic rings. The molecular weight excluding hydrogens is 196 g/mol. The van der Waals surface area contributed by atoms with Gasteiger partial charge in [0.25, 0.3) is 0 Å². The van der Waals surface area contributed by atoms with E-state index in [1.54, 1.807) is 0 Å². The first kappa shape index (κ1) is 12.9. The quantitative estimate of drug-likeness (QED) is 0.760. The Morgan fingerprint density at radius 3 is 2.50 bits per heavy atom. The third-order valence-electron chi connectivity index (χ3n) is 3.56. The van der Waals surface area contributed by atoms with Gasteiger partial charge in [-0.2, -0.15) is 0 Å². The Bertz CT molecular complexity index is 354. The van der Waals surface area contributed by atoms with Crippen molar-refractivity contribution in [2.45, 2.75) is 34.6 Å². The van der Waals surface area contributed by atoms with Gasteiger partial charge >= 0.3 is 0 Å². The fourth-order valence-corrected chi connectivity index (χ4v) is 1.36. The Kier molecular flexibility index (Phi) is 3.84. The molecule has 0 aliphatic carbocycles. The number of anilines is 2. The molecule has 16 heavy (non-hydrogen) atoms. The van der Waals surface area contributed by atoms with Gasteiger partial charge in [-0.05, 0) is 36.0 Å². The maximum Gasteiger partial charge on any atom is 0.0390 e. The van der Waals surface area contributed by atoms with E-state index >= 15 is 0 Å². The molecule has 0 heterocycles. The highest BCUT2D eigenvalue weighted by Crippen LogP contribution is 2.27. The summed E-state index contributed by atoms with van der Waals surface area (Å²) in [6, 6.07) is 6.00. The molecule has 0 aliphatic heterocycles. The summed E-state index contributed by atoms with van der Waals surface area (Å²) in [5, 5.41) is 3.50. The van der Waals surface area contributed by atoms with Gasteiger partial charge in [0.15, 0.2) is 0 Å². The van der Waals surface area contributed by atoms with Gasteiger partial charge < -0.3 is 11.1 Å². The Morgan fingerprint density at radius 1 is 1.31 bits per heavy atom. The number of benzene rings is 1. The Morgan fingerprint density at radius 2 is 1.94 bits per heavy atom. The first-order valence-electron chi connectivity index (χ1n) is 5.93. The second kappa shape index (κ2) is 4.77. The lowest BCUT2D eigenvalue weighted by Crippen LogP contribution is -2.28. The predicted octanol–water partition coefficient (Wildman–Crippen LogP) is 3.67. The highest BCUT2D eigenvalue weighted by atomic mass is 14.9. The van der Waals surface area contributed by atoms with Gasteiger partial charge in [-0.3, -0.25) is 0 Å². The standard InChI is InChI=1S/C14H24N2/c1-10(2)14(4,5)9-16-13-8-12(15)7-6-11(13)3/h6-8,10,16H,9,15H2,1-5H3. The van der Waals surface area contributed by atoms with Crippen LogP contribution in [0.4, 0.5) is 11.4 Å². The van der Waals surface area contributed by atoms with Gasteiger partial charge in [-0.25, -0.2) is 0 Å². The van der Waals surface area contributed by atoms with Crippen LogP contribution in [0.25, 0.3) is 0 Å². The van der Waals surface area contributed by atoms with E-state index in [0.717, 1.165) is 17.9 Å². The first-order chi connectivity index (χ1) is 7.33. The van der Waals surface area contributed by atoms with E-state index in [0.29, 0.717) is 5.92 Å². The maximum atomic E-state index is 5.79. The summed E-state index contributed by atoms with van der Waals surface area (Å²) in [5.74, 6) is 0.654. The van der Waals surface area contributed by atoms with Gasteiger partial charge in [0.05, 0.1) is 0 Å². The minimum atomic E-state index is 0.289. The van der Waals surface area contributed by atoms with Crippen molar-refractivity contribution in [3.8, 4) is 0 Å². The van der Waals surface area contributed by atoms with Crippen molar-refractivity contribution in [1.29, 1.82) is 0 Å². The van der Waals surface area contributed by atoms with E-state index < -0.39 is 0 Å². The molecule has 0 saturated heterocycles. The van der Waals surface area contributed by atoms with Crippen molar-refractivity contribution in [1.82, 2.24) is 0 Å². The Labute approximate surface area is 99.2 Å². The summed E-state index contributed by atoms with van der Waals surface area (Å²) in [6.07, 6.45) is 0. The van der Waals surface area contributed by atoms with Gasteiger partial charge in [0.2, 0.25) is 0 Å². The number of nitrogens with one attached hydrogen (secondary N) is 1. The van der Waals surface area contributed by atoms with Crippen molar-refractivity contribution in [2.24, 2.45) is 11.3 Å². The van der Waals surface area contributed by atoms with Crippen LogP contribution in [0, 0.1) is 18.3 Å². The van der Waals surface area contributed by atoms with Gasteiger partial charge in [0, 0.05) is 17.9 Å². The average molecular weight is 220 g/mol. The van der Waals surface area contributed by atoms with Crippen LogP contribution in [0.15, 0.2) is 18.2 Å². The number of hydrogen-bond donors (Lipinski definition) is 2. The molecule has 0 spiro atoms. The van der Waals surface area contributed by atoms with Crippen molar-refractivity contribution in [3.63, 3.8) is 0 Å². The first-order valence-corrected chi connectivity index (χ1v) is 5.93. The molecule has 0 radical (unpaired) electrons. The highest BCUT2D eigenvalue weighted by Gasteiger charge is 2.21. The molecule has 0 amide bonds. The Hall–Kier alpha value is -1.18. The molecule has 1 aromatic carbocycles. The highest BCUT2D eigenvalue weighted by molar-refractivity contribution is 5.59. The molecule has 0 fully saturated rings. The van der Waals surface area contributed by atoms with Gasteiger partial charge in [0.1, 0.15) is 0 Å². The van der Waals surface area contributed by atoms with E-state index in [1.165, 1.54) is 5.56 Å². The molecule has 90 valence electrons. The number of nitrogen functional groups attached to an aromatic ring is 1. The molecule has 0 unspecified atom stereocenters. The van der Waals surface area contributed by atoms with E-state index in [2.05, 4.69) is 46.0 Å². The fourth-order valence-electron chi connectivity index (χ4n) is 1.36. The molecule has 0 atom stereocenters. The fraction of sp³-hybridized carbons (Fsp3) is 0.571. The van der Waals surface area contributed by atoms with Crippen LogP contribution >= 0.6 is 0 Å². The lowest BCUT2D eigenvalue weighted by molar-refractivity contribution is 0.269. The molecule has 3 N–H and O–H groups in total. The maximum absolute atomic E-state index is 5.79. The van der Waals surface area contributed by atoms with E-state index in [-0.39, 0.29) is 5.41 Å². The number of nitrogens with two attached hydrogens (primary N) is 1. The van der Waals surface area contributed by atoms with Crippen LogP contribution in [0.3, 0.4) is 0 Å². The normalized spacial score (nSPS) is 11.9. The minimum absolute atomic E-state index is 0.289. The van der Waals surface area contributed by atoms with Gasteiger partial charge in [-0.15, -0.1) is 0 Å². The summed E-state index contributed by atoms with van der Waals surface area (Å²) in [7, 11) is 0. The van der Waals surface area contributed by atoms with Crippen LogP contribution in [0.2, 0.25) is 0 Å². The SMILES string of the molecule is Cc1ccc(N)cc1NCC(C)(C)C(C)C. The molecule has 0 saturated carbocycles. The molecule has 0 aliphatic rings. The topological polar surface area (TPSA) is 38.0 Å². The zero-order chi connectivity index (χ0) is 12.3. The number of aryl methyl sites for hydroxylation is 1. The summed E-state index contributed by atoms with van der Waals surface area (Å²) in [6.45, 7) is 12.2. The molecule has 0 bridgehead atoms. The molecule has 0 aromatic heterocycles.